The first-order valence-electron chi connectivity index (χ1n) is 8.08. The molecule has 1 atom stereocenters. The highest BCUT2D eigenvalue weighted by Crippen LogP contribution is 2.20. The summed E-state index contributed by atoms with van der Waals surface area (Å²) >= 11 is 8.86. The van der Waals surface area contributed by atoms with Crippen LogP contribution in [0.5, 0.6) is 0 Å². The number of hydrogen-bond acceptors (Lipinski definition) is 2. The van der Waals surface area contributed by atoms with Crippen LogP contribution in [0.1, 0.15) is 31.7 Å². The van der Waals surface area contributed by atoms with E-state index in [2.05, 4.69) is 51.4 Å². The zero-order chi connectivity index (χ0) is 15.9. The highest BCUT2D eigenvalue weighted by Gasteiger charge is 2.15. The van der Waals surface area contributed by atoms with Crippen molar-refractivity contribution in [1.29, 1.82) is 0 Å². The summed E-state index contributed by atoms with van der Waals surface area (Å²) < 4.78 is 1.12. The first-order valence-corrected chi connectivity index (χ1v) is 9.28. The molecule has 1 aromatic carbocycles. The molecular weight excluding hydrogens is 358 g/mol. The van der Waals surface area contributed by atoms with Gasteiger partial charge >= 0.3 is 0 Å². The van der Waals surface area contributed by atoms with Gasteiger partial charge in [0.1, 0.15) is 0 Å². The zero-order valence-corrected chi connectivity index (χ0v) is 15.9. The molecule has 122 valence electrons. The number of benzene rings is 1. The predicted molar refractivity (Wildman–Crippen MR) is 103 cm³/mol. The third-order valence-corrected chi connectivity index (χ3v) is 5.23. The second kappa shape index (κ2) is 8.85. The van der Waals surface area contributed by atoms with Crippen LogP contribution in [0.3, 0.4) is 0 Å². The summed E-state index contributed by atoms with van der Waals surface area (Å²) in [5.74, 6) is 0.852. The summed E-state index contributed by atoms with van der Waals surface area (Å²) in [6, 6.07) is 6.16. The number of nitrogens with zero attached hydrogens (tertiary/aromatic N) is 1. The van der Waals surface area contributed by atoms with Crippen LogP contribution in [0.25, 0.3) is 0 Å². The fraction of sp³-hybridized carbons (Fsp3) is 0.588. The number of aryl methyl sites for hydroxylation is 1. The van der Waals surface area contributed by atoms with Gasteiger partial charge in [0.05, 0.1) is 0 Å². The number of rotatable bonds is 5. The normalized spacial score (nSPS) is 19.0. The van der Waals surface area contributed by atoms with Gasteiger partial charge < -0.3 is 15.5 Å². The minimum absolute atomic E-state index is 0.703. The molecule has 0 saturated carbocycles. The van der Waals surface area contributed by atoms with Crippen LogP contribution >= 0.6 is 28.1 Å². The molecule has 0 bridgehead atoms. The van der Waals surface area contributed by atoms with Crippen molar-refractivity contribution < 1.29 is 0 Å². The summed E-state index contributed by atoms with van der Waals surface area (Å²) in [4.78, 5) is 2.57. The van der Waals surface area contributed by atoms with Crippen molar-refractivity contribution >= 4 is 38.9 Å². The Labute approximate surface area is 148 Å². The maximum Gasteiger partial charge on any atom is 0.170 e. The van der Waals surface area contributed by atoms with Gasteiger partial charge in [-0.25, -0.2) is 0 Å². The van der Waals surface area contributed by atoms with Gasteiger partial charge in [-0.3, -0.25) is 0 Å². The second-order valence-electron chi connectivity index (χ2n) is 6.25. The third-order valence-electron chi connectivity index (χ3n) is 4.09. The number of anilines is 1. The maximum absolute atomic E-state index is 5.35. The number of nitrogens with one attached hydrogen (secondary N) is 2. The van der Waals surface area contributed by atoms with Gasteiger partial charge in [0, 0.05) is 23.2 Å². The summed E-state index contributed by atoms with van der Waals surface area (Å²) in [5, 5.41) is 7.24. The van der Waals surface area contributed by atoms with Crippen molar-refractivity contribution in [3.63, 3.8) is 0 Å². The molecule has 0 unspecified atom stereocenters. The Morgan fingerprint density at radius 2 is 2.27 bits per heavy atom. The molecule has 0 spiro atoms. The van der Waals surface area contributed by atoms with Crippen LogP contribution in [0, 0.1) is 12.8 Å². The van der Waals surface area contributed by atoms with Gasteiger partial charge in [-0.15, -0.1) is 0 Å². The fourth-order valence-electron chi connectivity index (χ4n) is 2.89. The molecule has 1 aliphatic heterocycles. The third kappa shape index (κ3) is 5.86. The van der Waals surface area contributed by atoms with E-state index < -0.39 is 0 Å². The topological polar surface area (TPSA) is 27.3 Å². The molecule has 2 N–H and O–H groups in total. The van der Waals surface area contributed by atoms with Crippen molar-refractivity contribution in [2.45, 2.75) is 33.1 Å². The Kier molecular flexibility index (Phi) is 7.12. The minimum atomic E-state index is 0.703. The van der Waals surface area contributed by atoms with Gasteiger partial charge in [0.25, 0.3) is 0 Å². The average molecular weight is 384 g/mol. The first kappa shape index (κ1) is 17.7. The maximum atomic E-state index is 5.35. The van der Waals surface area contributed by atoms with E-state index in [1.54, 1.807) is 0 Å². The highest BCUT2D eigenvalue weighted by atomic mass is 79.9. The van der Waals surface area contributed by atoms with Crippen molar-refractivity contribution in [2.75, 3.05) is 31.5 Å². The molecule has 0 aromatic heterocycles. The fourth-order valence-corrected chi connectivity index (χ4v) is 3.36. The molecule has 2 rings (SSSR count). The number of likely N-dealkylation sites (tertiary alicyclic amines) is 1. The molecule has 1 aromatic rings. The van der Waals surface area contributed by atoms with E-state index in [9.17, 15) is 0 Å². The quantitative estimate of drug-likeness (QED) is 0.589. The predicted octanol–water partition coefficient (Wildman–Crippen LogP) is 4.17. The van der Waals surface area contributed by atoms with Gasteiger partial charge in [-0.2, -0.15) is 0 Å². The zero-order valence-electron chi connectivity index (χ0n) is 13.5. The highest BCUT2D eigenvalue weighted by molar-refractivity contribution is 9.10. The smallest absolute Gasteiger partial charge is 0.170 e. The Hall–Kier alpha value is -0.650. The van der Waals surface area contributed by atoms with Gasteiger partial charge in [-0.1, -0.05) is 22.9 Å². The molecule has 3 nitrogen and oxygen atoms in total. The monoisotopic (exact) mass is 383 g/mol. The van der Waals surface area contributed by atoms with E-state index in [-0.39, 0.29) is 0 Å². The van der Waals surface area contributed by atoms with Crippen molar-refractivity contribution in [1.82, 2.24) is 10.2 Å². The SMILES string of the molecule is Cc1cc(NC(=S)NCCCN2CCC[C@@H](C)C2)ccc1Br. The second-order valence-corrected chi connectivity index (χ2v) is 7.51. The van der Waals surface area contributed by atoms with E-state index in [0.29, 0.717) is 5.11 Å². The molecule has 0 aliphatic carbocycles. The Balaban J connectivity index is 1.64. The van der Waals surface area contributed by atoms with E-state index >= 15 is 0 Å². The standard InChI is InChI=1S/C17H26BrN3S/c1-13-5-3-9-21(12-13)10-4-8-19-17(22)20-15-6-7-16(18)14(2)11-15/h6-7,11,13H,3-5,8-10,12H2,1-2H3,(H2,19,20,22)/t13-/m1/s1. The summed E-state index contributed by atoms with van der Waals surface area (Å²) in [5.41, 5.74) is 2.23. The molecule has 22 heavy (non-hydrogen) atoms. The Morgan fingerprint density at radius 3 is 3.00 bits per heavy atom. The molecule has 5 heteroatoms. The van der Waals surface area contributed by atoms with E-state index in [0.717, 1.165) is 35.6 Å². The Morgan fingerprint density at radius 1 is 1.45 bits per heavy atom. The van der Waals surface area contributed by atoms with E-state index in [4.69, 9.17) is 12.2 Å². The number of piperidine rings is 1. The average Bonchev–Trinajstić information content (AvgIpc) is 2.48. The lowest BCUT2D eigenvalue weighted by Gasteiger charge is -2.30. The first-order chi connectivity index (χ1) is 10.5. The molecule has 1 saturated heterocycles. The van der Waals surface area contributed by atoms with Gasteiger partial charge in [0.2, 0.25) is 0 Å². The number of hydrogen-bond donors (Lipinski definition) is 2. The molecule has 0 radical (unpaired) electrons. The summed E-state index contributed by atoms with van der Waals surface area (Å²) in [6.07, 6.45) is 3.86. The Bertz CT molecular complexity index is 507. The van der Waals surface area contributed by atoms with Crippen molar-refractivity contribution in [2.24, 2.45) is 5.92 Å². The summed E-state index contributed by atoms with van der Waals surface area (Å²) in [7, 11) is 0. The van der Waals surface area contributed by atoms with Crippen molar-refractivity contribution in [3.8, 4) is 0 Å². The van der Waals surface area contributed by atoms with Crippen molar-refractivity contribution in [3.05, 3.63) is 28.2 Å². The van der Waals surface area contributed by atoms with Crippen LogP contribution in [-0.4, -0.2) is 36.2 Å². The molecule has 1 heterocycles. The van der Waals surface area contributed by atoms with Crippen LogP contribution < -0.4 is 10.6 Å². The minimum Gasteiger partial charge on any atom is -0.362 e. The molecule has 1 aliphatic rings. The van der Waals surface area contributed by atoms with Crippen LogP contribution in [-0.2, 0) is 0 Å². The number of thiocarbonyl (C=S) groups is 1. The van der Waals surface area contributed by atoms with Crippen LogP contribution in [0.4, 0.5) is 5.69 Å². The largest absolute Gasteiger partial charge is 0.362 e. The molecule has 1 fully saturated rings. The van der Waals surface area contributed by atoms with Gasteiger partial charge in [-0.05, 0) is 81.2 Å². The van der Waals surface area contributed by atoms with E-state index in [1.807, 2.05) is 12.1 Å². The van der Waals surface area contributed by atoms with Crippen LogP contribution in [0.15, 0.2) is 22.7 Å². The lowest BCUT2D eigenvalue weighted by Crippen LogP contribution is -2.37. The molecular formula is C17H26BrN3S. The summed E-state index contributed by atoms with van der Waals surface area (Å²) in [6.45, 7) is 9.02. The lowest BCUT2D eigenvalue weighted by atomic mass is 10.0. The van der Waals surface area contributed by atoms with E-state index in [1.165, 1.54) is 31.5 Å². The van der Waals surface area contributed by atoms with Crippen LogP contribution in [0.2, 0.25) is 0 Å². The molecule has 0 amide bonds. The lowest BCUT2D eigenvalue weighted by molar-refractivity contribution is 0.182. The van der Waals surface area contributed by atoms with Gasteiger partial charge in [0.15, 0.2) is 5.11 Å². The number of halogens is 1.